The van der Waals surface area contributed by atoms with Crippen molar-refractivity contribution in [2.24, 2.45) is 0 Å². The number of hydrogen-bond acceptors (Lipinski definition) is 6. The summed E-state index contributed by atoms with van der Waals surface area (Å²) in [7, 11) is 0. The lowest BCUT2D eigenvalue weighted by molar-refractivity contribution is -0.131. The molecule has 0 radical (unpaired) electrons. The Kier molecular flexibility index (Phi) is 6.75. The Balaban J connectivity index is 2.54. The summed E-state index contributed by atoms with van der Waals surface area (Å²) >= 11 is 2.94. The fourth-order valence-electron chi connectivity index (χ4n) is 1.94. The lowest BCUT2D eigenvalue weighted by atomic mass is 10.2. The number of thioether (sulfide) groups is 1. The minimum atomic E-state index is 0.147. The number of aromatic nitrogens is 2. The van der Waals surface area contributed by atoms with E-state index in [1.807, 2.05) is 32.6 Å². The minimum Gasteiger partial charge on any atom is -0.358 e. The van der Waals surface area contributed by atoms with Crippen molar-refractivity contribution in [2.75, 3.05) is 11.1 Å². The molecule has 0 spiro atoms. The van der Waals surface area contributed by atoms with Gasteiger partial charge in [-0.15, -0.1) is 10.2 Å². The lowest BCUT2D eigenvalue weighted by Crippen LogP contribution is -2.43. The van der Waals surface area contributed by atoms with Crippen LogP contribution in [0.2, 0.25) is 0 Å². The number of amides is 1. The van der Waals surface area contributed by atoms with Crippen LogP contribution in [0.1, 0.15) is 41.5 Å². The van der Waals surface area contributed by atoms with Crippen molar-refractivity contribution >= 4 is 34.1 Å². The van der Waals surface area contributed by atoms with Gasteiger partial charge in [0.15, 0.2) is 4.34 Å². The van der Waals surface area contributed by atoms with Gasteiger partial charge in [-0.3, -0.25) is 4.79 Å². The first-order valence-corrected chi connectivity index (χ1v) is 8.65. The highest BCUT2D eigenvalue weighted by molar-refractivity contribution is 8.01. The summed E-state index contributed by atoms with van der Waals surface area (Å²) in [5.41, 5.74) is 0. The molecule has 1 rings (SSSR count). The van der Waals surface area contributed by atoms with Crippen molar-refractivity contribution in [3.05, 3.63) is 0 Å². The van der Waals surface area contributed by atoms with Crippen LogP contribution in [-0.4, -0.2) is 44.9 Å². The largest absolute Gasteiger partial charge is 0.358 e. The molecule has 1 amide bonds. The summed E-state index contributed by atoms with van der Waals surface area (Å²) in [5, 5.41) is 12.2. The van der Waals surface area contributed by atoms with Gasteiger partial charge in [-0.25, -0.2) is 0 Å². The molecule has 1 aromatic heterocycles. The third kappa shape index (κ3) is 5.28. The summed E-state index contributed by atoms with van der Waals surface area (Å²) in [5.74, 6) is 0.556. The van der Waals surface area contributed by atoms with Crippen LogP contribution >= 0.6 is 23.1 Å². The van der Waals surface area contributed by atoms with Gasteiger partial charge >= 0.3 is 0 Å². The molecule has 1 N–H and O–H groups in total. The Bertz CT molecular complexity index is 424. The fourth-order valence-corrected chi connectivity index (χ4v) is 3.71. The van der Waals surface area contributed by atoms with Gasteiger partial charge in [-0.2, -0.15) is 0 Å². The molecular formula is C13H24N4OS2. The van der Waals surface area contributed by atoms with Gasteiger partial charge in [0.2, 0.25) is 11.0 Å². The van der Waals surface area contributed by atoms with Gasteiger partial charge in [0, 0.05) is 18.1 Å². The first-order chi connectivity index (χ1) is 9.31. The van der Waals surface area contributed by atoms with Gasteiger partial charge in [-0.05, 0) is 41.5 Å². The van der Waals surface area contributed by atoms with Crippen molar-refractivity contribution in [3.8, 4) is 0 Å². The van der Waals surface area contributed by atoms with Crippen molar-refractivity contribution < 1.29 is 4.79 Å². The first-order valence-electron chi connectivity index (χ1n) is 6.85. The molecule has 1 aromatic rings. The normalized spacial score (nSPS) is 11.4. The minimum absolute atomic E-state index is 0.147. The first kappa shape index (κ1) is 17.2. The molecule has 20 heavy (non-hydrogen) atoms. The number of nitrogens with one attached hydrogen (secondary N) is 1. The molecule has 0 unspecified atom stereocenters. The second kappa shape index (κ2) is 7.83. The number of carbonyl (C=O) groups excluding carboxylic acids is 1. The molecule has 0 aliphatic carbocycles. The maximum absolute atomic E-state index is 12.2. The van der Waals surface area contributed by atoms with Crippen molar-refractivity contribution in [1.82, 2.24) is 15.1 Å². The molecular weight excluding hydrogens is 292 g/mol. The summed E-state index contributed by atoms with van der Waals surface area (Å²) < 4.78 is 0.828. The average Bonchev–Trinajstić information content (AvgIpc) is 2.72. The van der Waals surface area contributed by atoms with E-state index in [4.69, 9.17) is 0 Å². The second-order valence-corrected chi connectivity index (χ2v) is 7.65. The summed E-state index contributed by atoms with van der Waals surface area (Å²) in [6, 6.07) is 0.770. The number of nitrogens with zero attached hydrogens (tertiary/aromatic N) is 3. The Morgan fingerprint density at radius 2 is 1.80 bits per heavy atom. The third-order valence-electron chi connectivity index (χ3n) is 2.54. The zero-order chi connectivity index (χ0) is 15.3. The van der Waals surface area contributed by atoms with E-state index in [9.17, 15) is 4.79 Å². The van der Waals surface area contributed by atoms with Crippen LogP contribution in [0.5, 0.6) is 0 Å². The standard InChI is InChI=1S/C13H24N4OS2/c1-8(2)14-12-15-16-13(20-12)19-7-11(18)17(9(3)4)10(5)6/h8-10H,7H2,1-6H3,(H,14,15). The molecule has 0 fully saturated rings. The van der Waals surface area contributed by atoms with E-state index in [0.717, 1.165) is 9.47 Å². The zero-order valence-corrected chi connectivity index (χ0v) is 14.6. The maximum atomic E-state index is 12.2. The number of carbonyl (C=O) groups is 1. The van der Waals surface area contributed by atoms with Gasteiger partial charge in [0.25, 0.3) is 0 Å². The second-order valence-electron chi connectivity index (χ2n) is 5.45. The summed E-state index contributed by atoms with van der Waals surface area (Å²) in [6.45, 7) is 12.3. The Morgan fingerprint density at radius 3 is 2.30 bits per heavy atom. The van der Waals surface area contributed by atoms with Crippen molar-refractivity contribution in [1.29, 1.82) is 0 Å². The quantitative estimate of drug-likeness (QED) is 0.783. The van der Waals surface area contributed by atoms with Crippen LogP contribution in [0.3, 0.4) is 0 Å². The van der Waals surface area contributed by atoms with Crippen LogP contribution < -0.4 is 5.32 Å². The van der Waals surface area contributed by atoms with E-state index in [2.05, 4.69) is 29.4 Å². The number of hydrogen-bond donors (Lipinski definition) is 1. The van der Waals surface area contributed by atoms with E-state index >= 15 is 0 Å². The monoisotopic (exact) mass is 316 g/mol. The smallest absolute Gasteiger partial charge is 0.233 e. The molecule has 0 aliphatic heterocycles. The van der Waals surface area contributed by atoms with Crippen LogP contribution in [-0.2, 0) is 4.79 Å². The van der Waals surface area contributed by atoms with Crippen LogP contribution in [0.25, 0.3) is 0 Å². The van der Waals surface area contributed by atoms with E-state index < -0.39 is 0 Å². The van der Waals surface area contributed by atoms with Gasteiger partial charge < -0.3 is 10.2 Å². The lowest BCUT2D eigenvalue weighted by Gasteiger charge is -2.30. The van der Waals surface area contributed by atoms with Crippen molar-refractivity contribution in [2.45, 2.75) is 64.0 Å². The third-order valence-corrected chi connectivity index (χ3v) is 4.51. The maximum Gasteiger partial charge on any atom is 0.233 e. The number of rotatable bonds is 7. The Hall–Kier alpha value is -0.820. The average molecular weight is 316 g/mol. The zero-order valence-electron chi connectivity index (χ0n) is 13.0. The predicted octanol–water partition coefficient (Wildman–Crippen LogP) is 3.10. The van der Waals surface area contributed by atoms with E-state index in [-0.39, 0.29) is 18.0 Å². The molecule has 0 aromatic carbocycles. The Labute approximate surface area is 129 Å². The molecule has 5 nitrogen and oxygen atoms in total. The topological polar surface area (TPSA) is 58.1 Å². The van der Waals surface area contributed by atoms with E-state index in [0.29, 0.717) is 11.8 Å². The van der Waals surface area contributed by atoms with Crippen molar-refractivity contribution in [3.63, 3.8) is 0 Å². The molecule has 0 aliphatic rings. The molecule has 1 heterocycles. The predicted molar refractivity (Wildman–Crippen MR) is 86.5 cm³/mol. The van der Waals surface area contributed by atoms with Crippen LogP contribution in [0, 0.1) is 0 Å². The van der Waals surface area contributed by atoms with Crippen LogP contribution in [0.4, 0.5) is 5.13 Å². The van der Waals surface area contributed by atoms with Gasteiger partial charge in [-0.1, -0.05) is 23.1 Å². The van der Waals surface area contributed by atoms with E-state index in [1.165, 1.54) is 23.1 Å². The molecule has 0 saturated carbocycles. The molecule has 114 valence electrons. The highest BCUT2D eigenvalue weighted by Gasteiger charge is 2.20. The summed E-state index contributed by atoms with van der Waals surface area (Å²) in [6.07, 6.45) is 0. The number of anilines is 1. The van der Waals surface area contributed by atoms with Crippen LogP contribution in [0.15, 0.2) is 4.34 Å². The fraction of sp³-hybridized carbons (Fsp3) is 0.769. The highest BCUT2D eigenvalue weighted by Crippen LogP contribution is 2.26. The molecule has 0 atom stereocenters. The van der Waals surface area contributed by atoms with E-state index in [1.54, 1.807) is 0 Å². The van der Waals surface area contributed by atoms with Gasteiger partial charge in [0.05, 0.1) is 5.75 Å². The SMILES string of the molecule is CC(C)Nc1nnc(SCC(=O)N(C(C)C)C(C)C)s1. The van der Waals surface area contributed by atoms with Gasteiger partial charge in [0.1, 0.15) is 0 Å². The highest BCUT2D eigenvalue weighted by atomic mass is 32.2. The molecule has 0 saturated heterocycles. The Morgan fingerprint density at radius 1 is 1.20 bits per heavy atom. The summed E-state index contributed by atoms with van der Waals surface area (Å²) in [4.78, 5) is 14.1. The molecule has 7 heteroatoms. The molecule has 0 bridgehead atoms.